The van der Waals surface area contributed by atoms with E-state index in [1.807, 2.05) is 0 Å². The van der Waals surface area contributed by atoms with E-state index in [-0.39, 0.29) is 5.91 Å². The van der Waals surface area contributed by atoms with Crippen molar-refractivity contribution in [3.05, 3.63) is 35.4 Å². The highest BCUT2D eigenvalue weighted by Gasteiger charge is 2.13. The minimum atomic E-state index is -0.522. The monoisotopic (exact) mass is 530 g/mol. The molecule has 0 spiro atoms. The molecule has 6 N–H and O–H groups in total. The van der Waals surface area contributed by atoms with E-state index < -0.39 is 11.8 Å². The van der Waals surface area contributed by atoms with Crippen LogP contribution in [0.25, 0.3) is 0 Å². The number of amides is 4. The number of rotatable bonds is 13. The summed E-state index contributed by atoms with van der Waals surface area (Å²) >= 11 is 0. The molecule has 0 aliphatic carbocycles. The molecule has 1 aromatic carbocycles. The number of hydrogen-bond donors (Lipinski definition) is 3. The molecule has 0 atom stereocenters. The second-order valence-corrected chi connectivity index (χ2v) is 10.3. The van der Waals surface area contributed by atoms with Crippen LogP contribution in [-0.4, -0.2) is 41.6 Å². The molecule has 0 unspecified atom stereocenters. The van der Waals surface area contributed by atoms with Crippen molar-refractivity contribution in [3.8, 4) is 0 Å². The van der Waals surface area contributed by atoms with Crippen LogP contribution in [0.5, 0.6) is 0 Å². The van der Waals surface area contributed by atoms with E-state index in [0.29, 0.717) is 23.5 Å². The third-order valence-corrected chi connectivity index (χ3v) is 6.98. The first kappa shape index (κ1) is 33.1. The quantitative estimate of drug-likeness (QED) is 0.300. The Balaban J connectivity index is 0.000000499. The highest BCUT2D eigenvalue weighted by atomic mass is 16.2. The number of hydrogen-bond acceptors (Lipinski definition) is 4. The molecule has 1 aliphatic rings. The van der Waals surface area contributed by atoms with Gasteiger partial charge in [-0.05, 0) is 49.9 Å². The van der Waals surface area contributed by atoms with E-state index in [4.69, 9.17) is 17.2 Å². The number of benzene rings is 1. The zero-order chi connectivity index (χ0) is 28.0. The molecule has 1 aliphatic heterocycles. The molecule has 0 aromatic heterocycles. The van der Waals surface area contributed by atoms with Crippen LogP contribution in [0, 0.1) is 0 Å². The summed E-state index contributed by atoms with van der Waals surface area (Å²) in [6, 6.07) is 5.84. The van der Waals surface area contributed by atoms with Crippen molar-refractivity contribution in [2.45, 2.75) is 116 Å². The highest BCUT2D eigenvalue weighted by molar-refractivity contribution is 5.96. The van der Waals surface area contributed by atoms with Crippen molar-refractivity contribution >= 4 is 23.6 Å². The van der Waals surface area contributed by atoms with Crippen LogP contribution >= 0.6 is 0 Å². The van der Waals surface area contributed by atoms with Gasteiger partial charge in [0.25, 0.3) is 0 Å². The van der Waals surface area contributed by atoms with Gasteiger partial charge >= 0.3 is 0 Å². The van der Waals surface area contributed by atoms with Crippen molar-refractivity contribution in [2.24, 2.45) is 17.2 Å². The Bertz CT molecular complexity index is 781. The zero-order valence-corrected chi connectivity index (χ0v) is 23.3. The molecule has 0 saturated carbocycles. The first-order chi connectivity index (χ1) is 18.3. The Labute approximate surface area is 229 Å². The van der Waals surface area contributed by atoms with Crippen LogP contribution in [0.3, 0.4) is 0 Å². The van der Waals surface area contributed by atoms with Crippen molar-refractivity contribution in [1.82, 2.24) is 4.90 Å². The van der Waals surface area contributed by atoms with E-state index in [1.165, 1.54) is 108 Å². The molecular weight excluding hydrogens is 480 g/mol. The Morgan fingerprint density at radius 2 is 0.868 bits per heavy atom. The fourth-order valence-electron chi connectivity index (χ4n) is 4.62. The lowest BCUT2D eigenvalue weighted by Gasteiger charge is -2.22. The lowest BCUT2D eigenvalue weighted by molar-refractivity contribution is -0.131. The summed E-state index contributed by atoms with van der Waals surface area (Å²) in [4.78, 5) is 46.5. The molecule has 0 radical (unpaired) electrons. The number of nitrogens with zero attached hydrogens (tertiary/aromatic N) is 1. The van der Waals surface area contributed by atoms with Gasteiger partial charge in [0, 0.05) is 37.1 Å². The van der Waals surface area contributed by atoms with Gasteiger partial charge in [-0.25, -0.2) is 0 Å². The fraction of sp³-hybridized carbons (Fsp3) is 0.667. The van der Waals surface area contributed by atoms with Gasteiger partial charge in [0.05, 0.1) is 0 Å². The molecule has 1 heterocycles. The molecule has 2 rings (SSSR count). The largest absolute Gasteiger partial charge is 0.370 e. The second kappa shape index (κ2) is 21.1. The minimum Gasteiger partial charge on any atom is -0.370 e. The average Bonchev–Trinajstić information content (AvgIpc) is 2.95. The van der Waals surface area contributed by atoms with E-state index in [9.17, 15) is 19.2 Å². The van der Waals surface area contributed by atoms with Gasteiger partial charge in [-0.1, -0.05) is 77.0 Å². The first-order valence-corrected chi connectivity index (χ1v) is 14.6. The molecule has 214 valence electrons. The fourth-order valence-corrected chi connectivity index (χ4v) is 4.62. The maximum atomic E-state index is 12.5. The third kappa shape index (κ3) is 16.8. The first-order valence-electron chi connectivity index (χ1n) is 14.6. The van der Waals surface area contributed by atoms with Gasteiger partial charge in [0.1, 0.15) is 0 Å². The topological polar surface area (TPSA) is 150 Å². The molecule has 8 nitrogen and oxygen atoms in total. The van der Waals surface area contributed by atoms with Crippen LogP contribution in [0.1, 0.15) is 136 Å². The van der Waals surface area contributed by atoms with Crippen molar-refractivity contribution in [1.29, 1.82) is 0 Å². The number of carbonyl (C=O) groups is 4. The molecule has 1 fully saturated rings. The van der Waals surface area contributed by atoms with Gasteiger partial charge in [0.15, 0.2) is 0 Å². The molecule has 8 heteroatoms. The van der Waals surface area contributed by atoms with Crippen LogP contribution < -0.4 is 17.2 Å². The van der Waals surface area contributed by atoms with E-state index >= 15 is 0 Å². The normalized spacial score (nSPS) is 14.5. The molecule has 1 aromatic rings. The van der Waals surface area contributed by atoms with E-state index in [2.05, 4.69) is 4.90 Å². The lowest BCUT2D eigenvalue weighted by Crippen LogP contribution is -2.32. The molecule has 0 bridgehead atoms. The standard InChI is InChI=1S/C22H42N2O2.C8H8N2O2/c23-21(25)17-13-9-5-1-2-6-10-14-18-22(26)24-19-15-11-7-3-4-8-12-16-20-24;9-7(11)5-1-2-6(4-3-5)8(10)12/h1-20H2,(H2,23,25);1-4H,(H2,9,11)(H2,10,12). The number of nitrogens with two attached hydrogens (primary N) is 3. The lowest BCUT2D eigenvalue weighted by atomic mass is 10.1. The predicted molar refractivity (Wildman–Crippen MR) is 152 cm³/mol. The average molecular weight is 531 g/mol. The summed E-state index contributed by atoms with van der Waals surface area (Å²) in [6.45, 7) is 1.95. The summed E-state index contributed by atoms with van der Waals surface area (Å²) in [6.07, 6.45) is 20.8. The summed E-state index contributed by atoms with van der Waals surface area (Å²) in [7, 11) is 0. The summed E-state index contributed by atoms with van der Waals surface area (Å²) < 4.78 is 0. The van der Waals surface area contributed by atoms with Crippen LogP contribution in [-0.2, 0) is 9.59 Å². The number of carbonyl (C=O) groups excluding carboxylic acids is 4. The summed E-state index contributed by atoms with van der Waals surface area (Å²) in [5.74, 6) is -0.843. The summed E-state index contributed by atoms with van der Waals surface area (Å²) in [5.41, 5.74) is 15.8. The van der Waals surface area contributed by atoms with Crippen LogP contribution in [0.4, 0.5) is 0 Å². The Morgan fingerprint density at radius 1 is 0.526 bits per heavy atom. The van der Waals surface area contributed by atoms with E-state index in [0.717, 1.165) is 38.8 Å². The summed E-state index contributed by atoms with van der Waals surface area (Å²) in [5, 5.41) is 0. The van der Waals surface area contributed by atoms with E-state index in [1.54, 1.807) is 0 Å². The Hall–Kier alpha value is -2.90. The molecule has 38 heavy (non-hydrogen) atoms. The smallest absolute Gasteiger partial charge is 0.248 e. The Kier molecular flexibility index (Phi) is 18.4. The number of unbranched alkanes of at least 4 members (excludes halogenated alkanes) is 7. The molecule has 1 saturated heterocycles. The van der Waals surface area contributed by atoms with Gasteiger partial charge < -0.3 is 22.1 Å². The third-order valence-electron chi connectivity index (χ3n) is 6.98. The van der Waals surface area contributed by atoms with Crippen LogP contribution in [0.15, 0.2) is 24.3 Å². The highest BCUT2D eigenvalue weighted by Crippen LogP contribution is 2.15. The van der Waals surface area contributed by atoms with Gasteiger partial charge in [0.2, 0.25) is 23.6 Å². The molecular formula is C30H50N4O4. The van der Waals surface area contributed by atoms with Gasteiger partial charge in [-0.2, -0.15) is 0 Å². The second-order valence-electron chi connectivity index (χ2n) is 10.3. The van der Waals surface area contributed by atoms with Crippen molar-refractivity contribution < 1.29 is 19.2 Å². The van der Waals surface area contributed by atoms with Crippen LogP contribution in [0.2, 0.25) is 0 Å². The van der Waals surface area contributed by atoms with Crippen molar-refractivity contribution in [3.63, 3.8) is 0 Å². The zero-order valence-electron chi connectivity index (χ0n) is 23.3. The maximum Gasteiger partial charge on any atom is 0.248 e. The van der Waals surface area contributed by atoms with Gasteiger partial charge in [-0.15, -0.1) is 0 Å². The number of primary amides is 3. The molecule has 4 amide bonds. The minimum absolute atomic E-state index is 0.184. The maximum absolute atomic E-state index is 12.5. The SMILES string of the molecule is NC(=O)CCCCCCCCCCC(=O)N1CCCCCCCCCC1.NC(=O)c1ccc(C(N)=O)cc1. The Morgan fingerprint density at radius 3 is 1.24 bits per heavy atom. The predicted octanol–water partition coefficient (Wildman–Crippen LogP) is 5.22. The van der Waals surface area contributed by atoms with Crippen molar-refractivity contribution in [2.75, 3.05) is 13.1 Å². The van der Waals surface area contributed by atoms with Gasteiger partial charge in [-0.3, -0.25) is 19.2 Å².